The second kappa shape index (κ2) is 9.31. The molecule has 8 nitrogen and oxygen atoms in total. The van der Waals surface area contributed by atoms with Crippen molar-refractivity contribution in [2.75, 3.05) is 19.8 Å². The number of amides is 1. The van der Waals surface area contributed by atoms with E-state index in [4.69, 9.17) is 25.5 Å². The van der Waals surface area contributed by atoms with Gasteiger partial charge in [0, 0.05) is 17.0 Å². The molecule has 29 heavy (non-hydrogen) atoms. The van der Waals surface area contributed by atoms with Crippen LogP contribution >= 0.6 is 11.6 Å². The number of hydrogen-bond donors (Lipinski definition) is 1. The van der Waals surface area contributed by atoms with E-state index in [9.17, 15) is 18.0 Å². The number of nitrogens with one attached hydrogen (secondary N) is 1. The molecule has 0 saturated heterocycles. The van der Waals surface area contributed by atoms with E-state index in [0.29, 0.717) is 29.5 Å². The fourth-order valence-corrected chi connectivity index (χ4v) is 2.74. The lowest BCUT2D eigenvalue weighted by Crippen LogP contribution is -2.45. The minimum atomic E-state index is -4.71. The van der Waals surface area contributed by atoms with Gasteiger partial charge in [0.15, 0.2) is 6.61 Å². The predicted octanol–water partition coefficient (Wildman–Crippen LogP) is 3.08. The van der Waals surface area contributed by atoms with Crippen LogP contribution in [-0.4, -0.2) is 48.3 Å². The van der Waals surface area contributed by atoms with Gasteiger partial charge in [-0.1, -0.05) is 16.7 Å². The summed E-state index contributed by atoms with van der Waals surface area (Å²) in [6.45, 7) is -1.18. The van der Waals surface area contributed by atoms with Gasteiger partial charge in [-0.05, 0) is 37.1 Å². The van der Waals surface area contributed by atoms with Crippen LogP contribution < -0.4 is 14.8 Å². The molecule has 0 unspecified atom stereocenters. The fraction of sp³-hybridized carbons (Fsp3) is 0.471. The molecule has 0 aliphatic heterocycles. The summed E-state index contributed by atoms with van der Waals surface area (Å²) in [5.74, 6) is 0.520. The van der Waals surface area contributed by atoms with Gasteiger partial charge in [-0.3, -0.25) is 9.53 Å². The standard InChI is InChI=1S/C17H17ClF3N3O5/c18-11-1-3-13(4-2-11)27-9-14(25)22-12-7-10(8-12)15-23-24-16(29-15)26-5-6-28-17(19,20)21/h1-4,10,12H,5-9H2,(H,22,25)/t10-,12-. The van der Waals surface area contributed by atoms with Gasteiger partial charge in [0.05, 0.1) is 6.61 Å². The molecule has 1 aromatic heterocycles. The maximum Gasteiger partial charge on any atom is 0.522 e. The zero-order valence-electron chi connectivity index (χ0n) is 14.9. The van der Waals surface area contributed by atoms with Crippen LogP contribution in [0.1, 0.15) is 24.7 Å². The Morgan fingerprint density at radius 1 is 1.17 bits per heavy atom. The molecular weight excluding hydrogens is 419 g/mol. The van der Waals surface area contributed by atoms with Gasteiger partial charge >= 0.3 is 12.4 Å². The predicted molar refractivity (Wildman–Crippen MR) is 92.7 cm³/mol. The summed E-state index contributed by atoms with van der Waals surface area (Å²) in [6, 6.07) is 6.60. The van der Waals surface area contributed by atoms with Gasteiger partial charge in [-0.25, -0.2) is 0 Å². The number of nitrogens with zero attached hydrogens (tertiary/aromatic N) is 2. The van der Waals surface area contributed by atoms with Gasteiger partial charge in [0.2, 0.25) is 5.89 Å². The highest BCUT2D eigenvalue weighted by Crippen LogP contribution is 2.36. The molecule has 1 amide bonds. The first kappa shape index (κ1) is 21.2. The minimum Gasteiger partial charge on any atom is -0.484 e. The monoisotopic (exact) mass is 435 g/mol. The summed E-state index contributed by atoms with van der Waals surface area (Å²) < 4.78 is 54.7. The van der Waals surface area contributed by atoms with E-state index in [1.807, 2.05) is 0 Å². The van der Waals surface area contributed by atoms with Crippen LogP contribution in [0.3, 0.4) is 0 Å². The molecule has 1 fully saturated rings. The number of benzene rings is 1. The van der Waals surface area contributed by atoms with Gasteiger partial charge in [0.25, 0.3) is 5.91 Å². The summed E-state index contributed by atoms with van der Waals surface area (Å²) in [7, 11) is 0. The number of ether oxygens (including phenoxy) is 3. The Hall–Kier alpha value is -2.53. The average Bonchev–Trinajstić information content (AvgIpc) is 3.08. The van der Waals surface area contributed by atoms with Crippen LogP contribution in [0.15, 0.2) is 28.7 Å². The Labute approximate surface area is 168 Å². The number of rotatable bonds is 9. The Morgan fingerprint density at radius 2 is 1.90 bits per heavy atom. The van der Waals surface area contributed by atoms with Crippen molar-refractivity contribution in [1.29, 1.82) is 0 Å². The second-order valence-electron chi connectivity index (χ2n) is 6.22. The summed E-state index contributed by atoms with van der Waals surface area (Å²) in [5.41, 5.74) is 0. The molecule has 12 heteroatoms. The SMILES string of the molecule is O=C(COc1ccc(Cl)cc1)N[C@H]1C[C@H](c2nnc(OCCOC(F)(F)F)o2)C1. The van der Waals surface area contributed by atoms with Gasteiger partial charge in [-0.15, -0.1) is 18.3 Å². The average molecular weight is 436 g/mol. The number of aromatic nitrogens is 2. The Kier molecular flexibility index (Phi) is 6.80. The quantitative estimate of drug-likeness (QED) is 0.605. The number of halogens is 4. The molecule has 2 aromatic rings. The van der Waals surface area contributed by atoms with E-state index in [1.165, 1.54) is 0 Å². The van der Waals surface area contributed by atoms with Crippen molar-refractivity contribution >= 4 is 17.5 Å². The number of alkyl halides is 3. The maximum absolute atomic E-state index is 11.9. The van der Waals surface area contributed by atoms with Crippen LogP contribution in [0.25, 0.3) is 0 Å². The zero-order chi connectivity index (χ0) is 20.9. The van der Waals surface area contributed by atoms with Crippen LogP contribution in [-0.2, 0) is 9.53 Å². The van der Waals surface area contributed by atoms with E-state index >= 15 is 0 Å². The van der Waals surface area contributed by atoms with E-state index in [0.717, 1.165) is 0 Å². The summed E-state index contributed by atoms with van der Waals surface area (Å²) >= 11 is 5.78. The number of hydrogen-bond acceptors (Lipinski definition) is 7. The van der Waals surface area contributed by atoms with E-state index in [-0.39, 0.29) is 37.2 Å². The molecule has 0 atom stereocenters. The van der Waals surface area contributed by atoms with Gasteiger partial charge < -0.3 is 19.2 Å². The first-order chi connectivity index (χ1) is 13.8. The van der Waals surface area contributed by atoms with Crippen molar-refractivity contribution in [1.82, 2.24) is 15.5 Å². The molecule has 158 valence electrons. The molecular formula is C17H17ClF3N3O5. The van der Waals surface area contributed by atoms with Crippen LogP contribution in [0.5, 0.6) is 11.8 Å². The Bertz CT molecular complexity index is 809. The summed E-state index contributed by atoms with van der Waals surface area (Å²) in [6.07, 6.45) is -3.76. The molecule has 1 saturated carbocycles. The molecule has 0 spiro atoms. The highest BCUT2D eigenvalue weighted by Gasteiger charge is 2.35. The van der Waals surface area contributed by atoms with Gasteiger partial charge in [0.1, 0.15) is 12.4 Å². The lowest BCUT2D eigenvalue weighted by Gasteiger charge is -2.33. The van der Waals surface area contributed by atoms with E-state index < -0.39 is 13.0 Å². The third-order valence-electron chi connectivity index (χ3n) is 4.03. The van der Waals surface area contributed by atoms with Crippen molar-refractivity contribution in [2.45, 2.75) is 31.2 Å². The smallest absolute Gasteiger partial charge is 0.484 e. The number of carbonyl (C=O) groups excluding carboxylic acids is 1. The number of carbonyl (C=O) groups is 1. The molecule has 1 heterocycles. The zero-order valence-corrected chi connectivity index (χ0v) is 15.7. The second-order valence-corrected chi connectivity index (χ2v) is 6.66. The molecule has 1 aromatic carbocycles. The van der Waals surface area contributed by atoms with E-state index in [2.05, 4.69) is 20.3 Å². The van der Waals surface area contributed by atoms with Crippen molar-refractivity contribution in [3.63, 3.8) is 0 Å². The third-order valence-corrected chi connectivity index (χ3v) is 4.28. The molecule has 1 aliphatic carbocycles. The van der Waals surface area contributed by atoms with Crippen molar-refractivity contribution in [3.8, 4) is 11.8 Å². The first-order valence-electron chi connectivity index (χ1n) is 8.63. The van der Waals surface area contributed by atoms with Crippen LogP contribution in [0.2, 0.25) is 5.02 Å². The van der Waals surface area contributed by atoms with Crippen LogP contribution in [0, 0.1) is 0 Å². The Balaban J connectivity index is 1.33. The lowest BCUT2D eigenvalue weighted by atomic mass is 9.80. The Morgan fingerprint density at radius 3 is 2.59 bits per heavy atom. The molecule has 3 rings (SSSR count). The van der Waals surface area contributed by atoms with Crippen LogP contribution in [0.4, 0.5) is 13.2 Å². The highest BCUT2D eigenvalue weighted by molar-refractivity contribution is 6.30. The molecule has 1 aliphatic rings. The third kappa shape index (κ3) is 6.79. The highest BCUT2D eigenvalue weighted by atomic mass is 35.5. The topological polar surface area (TPSA) is 95.7 Å². The van der Waals surface area contributed by atoms with Gasteiger partial charge in [-0.2, -0.15) is 0 Å². The molecule has 1 N–H and O–H groups in total. The summed E-state index contributed by atoms with van der Waals surface area (Å²) in [5, 5.41) is 10.8. The largest absolute Gasteiger partial charge is 0.522 e. The maximum atomic E-state index is 11.9. The lowest BCUT2D eigenvalue weighted by molar-refractivity contribution is -0.325. The molecule has 0 radical (unpaired) electrons. The van der Waals surface area contributed by atoms with Crippen molar-refractivity contribution in [2.24, 2.45) is 0 Å². The summed E-state index contributed by atoms with van der Waals surface area (Å²) in [4.78, 5) is 11.9. The molecule has 0 bridgehead atoms. The van der Waals surface area contributed by atoms with Crippen molar-refractivity contribution < 1.29 is 36.6 Å². The normalized spacial score (nSPS) is 18.8. The fourth-order valence-electron chi connectivity index (χ4n) is 2.62. The minimum absolute atomic E-state index is 0.0576. The van der Waals surface area contributed by atoms with Crippen molar-refractivity contribution in [3.05, 3.63) is 35.2 Å². The first-order valence-corrected chi connectivity index (χ1v) is 9.01. The van der Waals surface area contributed by atoms with E-state index in [1.54, 1.807) is 24.3 Å².